The SMILES string of the molecule is Fc1ccc(F)c(CNc2ccc(-n3cccn3)cc2)c1. The van der Waals surface area contributed by atoms with Gasteiger partial charge in [0.25, 0.3) is 0 Å². The van der Waals surface area contributed by atoms with E-state index in [-0.39, 0.29) is 6.54 Å². The number of hydrogen-bond donors (Lipinski definition) is 1. The lowest BCUT2D eigenvalue weighted by molar-refractivity contribution is 0.587. The highest BCUT2D eigenvalue weighted by molar-refractivity contribution is 5.48. The highest BCUT2D eigenvalue weighted by atomic mass is 19.1. The summed E-state index contributed by atoms with van der Waals surface area (Å²) in [4.78, 5) is 0. The Bertz CT molecular complexity index is 722. The summed E-state index contributed by atoms with van der Waals surface area (Å²) in [7, 11) is 0. The fourth-order valence-corrected chi connectivity index (χ4v) is 2.03. The molecule has 3 aromatic rings. The molecule has 0 aliphatic heterocycles. The molecule has 0 aliphatic carbocycles. The number of benzene rings is 2. The van der Waals surface area contributed by atoms with Gasteiger partial charge in [0.15, 0.2) is 0 Å². The maximum atomic E-state index is 13.5. The van der Waals surface area contributed by atoms with E-state index in [9.17, 15) is 8.78 Å². The minimum atomic E-state index is -0.442. The molecule has 1 N–H and O–H groups in total. The zero-order chi connectivity index (χ0) is 14.7. The smallest absolute Gasteiger partial charge is 0.128 e. The lowest BCUT2D eigenvalue weighted by Crippen LogP contribution is -2.02. The van der Waals surface area contributed by atoms with Crippen LogP contribution in [0.3, 0.4) is 0 Å². The lowest BCUT2D eigenvalue weighted by atomic mass is 10.2. The number of hydrogen-bond acceptors (Lipinski definition) is 2. The summed E-state index contributed by atoms with van der Waals surface area (Å²) < 4.78 is 28.3. The third kappa shape index (κ3) is 3.08. The van der Waals surface area contributed by atoms with E-state index in [0.717, 1.165) is 23.5 Å². The fourth-order valence-electron chi connectivity index (χ4n) is 2.03. The number of nitrogens with zero attached hydrogens (tertiary/aromatic N) is 2. The van der Waals surface area contributed by atoms with E-state index in [1.54, 1.807) is 10.9 Å². The topological polar surface area (TPSA) is 29.9 Å². The van der Waals surface area contributed by atoms with Gasteiger partial charge in [0, 0.05) is 30.2 Å². The molecule has 0 saturated heterocycles. The van der Waals surface area contributed by atoms with Gasteiger partial charge >= 0.3 is 0 Å². The first-order chi connectivity index (χ1) is 10.2. The normalized spacial score (nSPS) is 10.6. The minimum absolute atomic E-state index is 0.227. The van der Waals surface area contributed by atoms with Crippen molar-refractivity contribution in [3.05, 3.63) is 78.1 Å². The van der Waals surface area contributed by atoms with Crippen molar-refractivity contribution < 1.29 is 8.78 Å². The van der Waals surface area contributed by atoms with E-state index in [2.05, 4.69) is 10.4 Å². The Morgan fingerprint density at radius 3 is 2.57 bits per heavy atom. The average Bonchev–Trinajstić information content (AvgIpc) is 3.03. The molecule has 0 spiro atoms. The van der Waals surface area contributed by atoms with Crippen molar-refractivity contribution in [1.29, 1.82) is 0 Å². The van der Waals surface area contributed by atoms with Crippen LogP contribution in [0.5, 0.6) is 0 Å². The van der Waals surface area contributed by atoms with Crippen molar-refractivity contribution in [2.45, 2.75) is 6.54 Å². The number of halogens is 2. The quantitative estimate of drug-likeness (QED) is 0.791. The van der Waals surface area contributed by atoms with Gasteiger partial charge < -0.3 is 5.32 Å². The average molecular weight is 285 g/mol. The first-order valence-corrected chi connectivity index (χ1v) is 6.50. The van der Waals surface area contributed by atoms with Crippen LogP contribution in [-0.2, 0) is 6.54 Å². The van der Waals surface area contributed by atoms with Crippen molar-refractivity contribution in [1.82, 2.24) is 9.78 Å². The molecule has 3 nitrogen and oxygen atoms in total. The highest BCUT2D eigenvalue weighted by Crippen LogP contribution is 2.15. The van der Waals surface area contributed by atoms with Crippen molar-refractivity contribution in [3.63, 3.8) is 0 Å². The Morgan fingerprint density at radius 2 is 1.86 bits per heavy atom. The molecule has 0 unspecified atom stereocenters. The summed E-state index contributed by atoms with van der Waals surface area (Å²) in [6.45, 7) is 0.227. The summed E-state index contributed by atoms with van der Waals surface area (Å²) >= 11 is 0. The molecule has 3 rings (SSSR count). The first-order valence-electron chi connectivity index (χ1n) is 6.50. The van der Waals surface area contributed by atoms with Crippen molar-refractivity contribution in [3.8, 4) is 5.69 Å². The van der Waals surface area contributed by atoms with E-state index < -0.39 is 11.6 Å². The minimum Gasteiger partial charge on any atom is -0.381 e. The molecule has 0 saturated carbocycles. The maximum Gasteiger partial charge on any atom is 0.128 e. The van der Waals surface area contributed by atoms with Crippen LogP contribution < -0.4 is 5.32 Å². The Labute approximate surface area is 120 Å². The van der Waals surface area contributed by atoms with Gasteiger partial charge in [0.2, 0.25) is 0 Å². The highest BCUT2D eigenvalue weighted by Gasteiger charge is 2.04. The van der Waals surface area contributed by atoms with Crippen LogP contribution in [0.15, 0.2) is 60.9 Å². The summed E-state index contributed by atoms with van der Waals surface area (Å²) in [6, 6.07) is 12.8. The molecule has 0 atom stereocenters. The summed E-state index contributed by atoms with van der Waals surface area (Å²) in [5, 5.41) is 7.20. The summed E-state index contributed by atoms with van der Waals surface area (Å²) in [6.07, 6.45) is 3.56. The Kier molecular flexibility index (Phi) is 3.64. The van der Waals surface area contributed by atoms with E-state index in [0.29, 0.717) is 5.56 Å². The molecule has 5 heteroatoms. The van der Waals surface area contributed by atoms with Gasteiger partial charge in [-0.1, -0.05) is 0 Å². The van der Waals surface area contributed by atoms with Crippen molar-refractivity contribution in [2.24, 2.45) is 0 Å². The summed E-state index contributed by atoms with van der Waals surface area (Å²) in [5.41, 5.74) is 2.06. The second-order valence-corrected chi connectivity index (χ2v) is 4.59. The predicted molar refractivity (Wildman–Crippen MR) is 77.2 cm³/mol. The zero-order valence-corrected chi connectivity index (χ0v) is 11.1. The third-order valence-electron chi connectivity index (χ3n) is 3.13. The summed E-state index contributed by atoms with van der Waals surface area (Å²) in [5.74, 6) is -0.862. The van der Waals surface area contributed by atoms with Gasteiger partial charge in [-0.05, 0) is 48.5 Å². The van der Waals surface area contributed by atoms with E-state index in [1.807, 2.05) is 36.5 Å². The van der Waals surface area contributed by atoms with E-state index >= 15 is 0 Å². The van der Waals surface area contributed by atoms with Crippen molar-refractivity contribution in [2.75, 3.05) is 5.32 Å². The van der Waals surface area contributed by atoms with Gasteiger partial charge in [-0.2, -0.15) is 5.10 Å². The molecule has 0 aliphatic rings. The molecule has 0 bridgehead atoms. The molecule has 1 heterocycles. The van der Waals surface area contributed by atoms with Crippen LogP contribution in [0.4, 0.5) is 14.5 Å². The number of anilines is 1. The van der Waals surface area contributed by atoms with Gasteiger partial charge in [-0.15, -0.1) is 0 Å². The molecular weight excluding hydrogens is 272 g/mol. The Morgan fingerprint density at radius 1 is 1.05 bits per heavy atom. The molecule has 0 fully saturated rings. The molecular formula is C16H13F2N3. The van der Waals surface area contributed by atoms with Crippen LogP contribution >= 0.6 is 0 Å². The zero-order valence-electron chi connectivity index (χ0n) is 11.1. The van der Waals surface area contributed by atoms with Gasteiger partial charge in [-0.25, -0.2) is 13.5 Å². The Hall–Kier alpha value is -2.69. The molecule has 0 radical (unpaired) electrons. The maximum absolute atomic E-state index is 13.5. The monoisotopic (exact) mass is 285 g/mol. The third-order valence-corrected chi connectivity index (χ3v) is 3.13. The van der Waals surface area contributed by atoms with Gasteiger partial charge in [-0.3, -0.25) is 0 Å². The number of aromatic nitrogens is 2. The van der Waals surface area contributed by atoms with Crippen LogP contribution in [0, 0.1) is 11.6 Å². The second-order valence-electron chi connectivity index (χ2n) is 4.59. The molecule has 2 aromatic carbocycles. The lowest BCUT2D eigenvalue weighted by Gasteiger charge is -2.09. The predicted octanol–water partition coefficient (Wildman–Crippen LogP) is 3.76. The molecule has 1 aromatic heterocycles. The Balaban J connectivity index is 1.70. The molecule has 106 valence electrons. The standard InChI is InChI=1S/C16H13F2N3/c17-13-2-7-16(18)12(10-13)11-19-14-3-5-15(6-4-14)21-9-1-8-20-21/h1-10,19H,11H2. The van der Waals surface area contributed by atoms with Gasteiger partial charge in [0.05, 0.1) is 5.69 Å². The second kappa shape index (κ2) is 5.75. The van der Waals surface area contributed by atoms with Crippen molar-refractivity contribution >= 4 is 5.69 Å². The largest absolute Gasteiger partial charge is 0.381 e. The van der Waals surface area contributed by atoms with E-state index in [1.165, 1.54) is 6.07 Å². The van der Waals surface area contributed by atoms with Crippen LogP contribution in [-0.4, -0.2) is 9.78 Å². The number of nitrogens with one attached hydrogen (secondary N) is 1. The van der Waals surface area contributed by atoms with Gasteiger partial charge in [0.1, 0.15) is 11.6 Å². The molecule has 0 amide bonds. The fraction of sp³-hybridized carbons (Fsp3) is 0.0625. The van der Waals surface area contributed by atoms with E-state index in [4.69, 9.17) is 0 Å². The molecule has 21 heavy (non-hydrogen) atoms. The van der Waals surface area contributed by atoms with Crippen LogP contribution in [0.1, 0.15) is 5.56 Å². The number of rotatable bonds is 4. The van der Waals surface area contributed by atoms with Crippen LogP contribution in [0.2, 0.25) is 0 Å². The first kappa shape index (κ1) is 13.3. The van der Waals surface area contributed by atoms with Crippen LogP contribution in [0.25, 0.3) is 5.69 Å².